The van der Waals surface area contributed by atoms with E-state index in [2.05, 4.69) is 15.5 Å². The van der Waals surface area contributed by atoms with Gasteiger partial charge in [0.1, 0.15) is 12.4 Å². The quantitative estimate of drug-likeness (QED) is 0.670. The molecule has 7 heteroatoms. The third kappa shape index (κ3) is 10.7. The molecule has 0 radical (unpaired) electrons. The molecule has 0 aliphatic carbocycles. The van der Waals surface area contributed by atoms with Gasteiger partial charge in [-0.1, -0.05) is 0 Å². The summed E-state index contributed by atoms with van der Waals surface area (Å²) in [5.74, 6) is 0.863. The predicted octanol–water partition coefficient (Wildman–Crippen LogP) is 2.41. The van der Waals surface area contributed by atoms with Crippen LogP contribution in [0.1, 0.15) is 12.8 Å². The van der Waals surface area contributed by atoms with Crippen LogP contribution < -0.4 is 15.4 Å². The number of hydrogen-bond donors (Lipinski definition) is 2. The van der Waals surface area contributed by atoms with Crippen LogP contribution in [0.2, 0.25) is 0 Å². The minimum absolute atomic E-state index is 0. The van der Waals surface area contributed by atoms with E-state index in [1.54, 1.807) is 0 Å². The summed E-state index contributed by atoms with van der Waals surface area (Å²) in [6.45, 7) is 2.39. The third-order valence-electron chi connectivity index (χ3n) is 2.78. The first-order valence-electron chi connectivity index (χ1n) is 6.94. The maximum Gasteiger partial charge on any atom is 0.224 e. The first-order valence-corrected chi connectivity index (χ1v) is 6.94. The fourth-order valence-corrected chi connectivity index (χ4v) is 1.63. The van der Waals surface area contributed by atoms with E-state index in [9.17, 15) is 4.79 Å². The molecule has 0 fully saturated rings. The molecule has 0 bridgehead atoms. The van der Waals surface area contributed by atoms with Gasteiger partial charge in [-0.3, -0.25) is 4.79 Å². The first-order chi connectivity index (χ1) is 9.61. The zero-order chi connectivity index (χ0) is 14.8. The Morgan fingerprint density at radius 1 is 1.18 bits per heavy atom. The number of rotatable bonds is 9. The van der Waals surface area contributed by atoms with Crippen LogP contribution in [-0.2, 0) is 4.79 Å². The highest BCUT2D eigenvalue weighted by Crippen LogP contribution is 2.15. The summed E-state index contributed by atoms with van der Waals surface area (Å²) >= 11 is 0. The molecule has 0 aliphatic rings. The highest BCUT2D eigenvalue weighted by atomic mass is 35.5. The average Bonchev–Trinajstić information content (AvgIpc) is 2.41. The van der Waals surface area contributed by atoms with Crippen LogP contribution in [-0.4, -0.2) is 51.6 Å². The van der Waals surface area contributed by atoms with Gasteiger partial charge >= 0.3 is 0 Å². The fraction of sp³-hybridized carbons (Fsp3) is 0.533. The summed E-state index contributed by atoms with van der Waals surface area (Å²) in [6.07, 6.45) is 1.37. The van der Waals surface area contributed by atoms with E-state index in [4.69, 9.17) is 4.74 Å². The van der Waals surface area contributed by atoms with Crippen LogP contribution in [0, 0.1) is 0 Å². The molecule has 0 atom stereocenters. The predicted molar refractivity (Wildman–Crippen MR) is 96.8 cm³/mol. The Morgan fingerprint density at radius 3 is 2.36 bits per heavy atom. The summed E-state index contributed by atoms with van der Waals surface area (Å²) in [6, 6.07) is 7.47. The van der Waals surface area contributed by atoms with Crippen LogP contribution in [0.25, 0.3) is 0 Å². The van der Waals surface area contributed by atoms with E-state index in [1.165, 1.54) is 0 Å². The number of nitrogens with one attached hydrogen (secondary N) is 2. The molecular weight excluding hydrogens is 325 g/mol. The summed E-state index contributed by atoms with van der Waals surface area (Å²) in [4.78, 5) is 13.7. The SMILES string of the molecule is CNCCCC(=O)Nc1ccc(OCCN(C)C)cc1.Cl.Cl. The fourth-order valence-electron chi connectivity index (χ4n) is 1.63. The molecule has 0 spiro atoms. The van der Waals surface area contributed by atoms with Gasteiger partial charge in [0.05, 0.1) is 0 Å². The van der Waals surface area contributed by atoms with Crippen molar-refractivity contribution < 1.29 is 9.53 Å². The molecule has 0 saturated carbocycles. The van der Waals surface area contributed by atoms with Gasteiger partial charge in [0.15, 0.2) is 0 Å². The highest BCUT2D eigenvalue weighted by Gasteiger charge is 2.02. The van der Waals surface area contributed by atoms with E-state index in [-0.39, 0.29) is 30.7 Å². The molecule has 2 N–H and O–H groups in total. The topological polar surface area (TPSA) is 53.6 Å². The van der Waals surface area contributed by atoms with Crippen molar-refractivity contribution in [3.05, 3.63) is 24.3 Å². The lowest BCUT2D eigenvalue weighted by atomic mass is 10.2. The van der Waals surface area contributed by atoms with Crippen LogP contribution in [0.15, 0.2) is 24.3 Å². The summed E-state index contributed by atoms with van der Waals surface area (Å²) < 4.78 is 5.59. The third-order valence-corrected chi connectivity index (χ3v) is 2.78. The second kappa shape index (κ2) is 13.6. The van der Waals surface area contributed by atoms with Gasteiger partial charge in [-0.05, 0) is 58.4 Å². The first kappa shape index (κ1) is 23.3. The van der Waals surface area contributed by atoms with Gasteiger partial charge in [0.2, 0.25) is 5.91 Å². The van der Waals surface area contributed by atoms with Crippen molar-refractivity contribution in [3.63, 3.8) is 0 Å². The Hall–Kier alpha value is -1.01. The molecule has 5 nitrogen and oxygen atoms in total. The Morgan fingerprint density at radius 2 is 1.82 bits per heavy atom. The number of anilines is 1. The Labute approximate surface area is 145 Å². The van der Waals surface area contributed by atoms with Crippen molar-refractivity contribution in [1.82, 2.24) is 10.2 Å². The molecular formula is C15H27Cl2N3O2. The van der Waals surface area contributed by atoms with Gasteiger partial charge in [-0.25, -0.2) is 0 Å². The number of benzene rings is 1. The van der Waals surface area contributed by atoms with Crippen LogP contribution in [0.3, 0.4) is 0 Å². The van der Waals surface area contributed by atoms with Crippen molar-refractivity contribution in [2.45, 2.75) is 12.8 Å². The Kier molecular flexibility index (Phi) is 14.4. The summed E-state index contributed by atoms with van der Waals surface area (Å²) in [7, 11) is 5.90. The maximum atomic E-state index is 11.6. The standard InChI is InChI=1S/C15H25N3O2.2ClH/c1-16-10-4-5-15(19)17-13-6-8-14(9-7-13)20-12-11-18(2)3;;/h6-9,16H,4-5,10-12H2,1-3H3,(H,17,19);2*1H. The molecule has 22 heavy (non-hydrogen) atoms. The van der Waals surface area contributed by atoms with E-state index in [0.717, 1.165) is 30.9 Å². The van der Waals surface area contributed by atoms with Crippen molar-refractivity contribution >= 4 is 36.4 Å². The summed E-state index contributed by atoms with van der Waals surface area (Å²) in [5, 5.41) is 5.89. The zero-order valence-electron chi connectivity index (χ0n) is 13.4. The van der Waals surface area contributed by atoms with Crippen LogP contribution in [0.4, 0.5) is 5.69 Å². The van der Waals surface area contributed by atoms with Crippen molar-refractivity contribution in [2.24, 2.45) is 0 Å². The molecule has 0 aromatic heterocycles. The second-order valence-corrected chi connectivity index (χ2v) is 4.93. The van der Waals surface area contributed by atoms with Gasteiger partial charge in [0, 0.05) is 18.7 Å². The molecule has 1 rings (SSSR count). The Balaban J connectivity index is 0. The smallest absolute Gasteiger partial charge is 0.224 e. The summed E-state index contributed by atoms with van der Waals surface area (Å²) in [5.41, 5.74) is 0.805. The molecule has 0 heterocycles. The highest BCUT2D eigenvalue weighted by molar-refractivity contribution is 5.90. The van der Waals surface area contributed by atoms with E-state index in [1.807, 2.05) is 45.4 Å². The van der Waals surface area contributed by atoms with Crippen LogP contribution >= 0.6 is 24.8 Å². The van der Waals surface area contributed by atoms with Crippen molar-refractivity contribution in [1.29, 1.82) is 0 Å². The molecule has 0 saturated heterocycles. The van der Waals surface area contributed by atoms with Crippen molar-refractivity contribution in [3.8, 4) is 5.75 Å². The number of carbonyl (C=O) groups excluding carboxylic acids is 1. The molecule has 1 aromatic rings. The number of halogens is 2. The lowest BCUT2D eigenvalue weighted by Crippen LogP contribution is -2.19. The minimum Gasteiger partial charge on any atom is -0.492 e. The number of amides is 1. The number of hydrogen-bond acceptors (Lipinski definition) is 4. The van der Waals surface area contributed by atoms with Gasteiger partial charge in [-0.2, -0.15) is 0 Å². The number of carbonyl (C=O) groups is 1. The van der Waals surface area contributed by atoms with Gasteiger partial charge in [-0.15, -0.1) is 24.8 Å². The molecule has 0 unspecified atom stereocenters. The molecule has 1 aromatic carbocycles. The van der Waals surface area contributed by atoms with E-state index < -0.39 is 0 Å². The zero-order valence-corrected chi connectivity index (χ0v) is 15.1. The normalized spacial score (nSPS) is 9.64. The molecule has 1 amide bonds. The lowest BCUT2D eigenvalue weighted by Gasteiger charge is -2.11. The van der Waals surface area contributed by atoms with Crippen molar-refractivity contribution in [2.75, 3.05) is 46.2 Å². The number of ether oxygens (including phenoxy) is 1. The number of likely N-dealkylation sites (N-methyl/N-ethyl adjacent to an activating group) is 1. The van der Waals surface area contributed by atoms with Gasteiger partial charge < -0.3 is 20.3 Å². The molecule has 0 aliphatic heterocycles. The average molecular weight is 352 g/mol. The van der Waals surface area contributed by atoms with Crippen LogP contribution in [0.5, 0.6) is 5.75 Å². The van der Waals surface area contributed by atoms with Gasteiger partial charge in [0.25, 0.3) is 0 Å². The Bertz CT molecular complexity index is 400. The second-order valence-electron chi connectivity index (χ2n) is 4.93. The number of nitrogens with zero attached hydrogens (tertiary/aromatic N) is 1. The lowest BCUT2D eigenvalue weighted by molar-refractivity contribution is -0.116. The monoisotopic (exact) mass is 351 g/mol. The van der Waals surface area contributed by atoms with E-state index in [0.29, 0.717) is 13.0 Å². The van der Waals surface area contributed by atoms with E-state index >= 15 is 0 Å². The minimum atomic E-state index is 0. The largest absolute Gasteiger partial charge is 0.492 e. The molecule has 128 valence electrons. The maximum absolute atomic E-state index is 11.6.